The quantitative estimate of drug-likeness (QED) is 0.883. The first kappa shape index (κ1) is 11.3. The van der Waals surface area contributed by atoms with E-state index >= 15 is 0 Å². The number of carbonyl (C=O) groups is 1. The molecule has 0 amide bonds. The first-order chi connectivity index (χ1) is 8.63. The van der Waals surface area contributed by atoms with Crippen LogP contribution in [-0.4, -0.2) is 16.2 Å². The van der Waals surface area contributed by atoms with Crippen molar-refractivity contribution in [1.29, 1.82) is 0 Å². The van der Waals surface area contributed by atoms with Crippen molar-refractivity contribution in [3.63, 3.8) is 0 Å². The average Bonchev–Trinajstić information content (AvgIpc) is 2.97. The van der Waals surface area contributed by atoms with E-state index < -0.39 is 11.4 Å². The number of aryl methyl sites for hydroxylation is 1. The lowest BCUT2D eigenvalue weighted by Crippen LogP contribution is -2.32. The summed E-state index contributed by atoms with van der Waals surface area (Å²) >= 11 is 0. The molecule has 0 aliphatic heterocycles. The first-order valence-corrected chi connectivity index (χ1v) is 6.23. The van der Waals surface area contributed by atoms with Gasteiger partial charge in [-0.25, -0.2) is 0 Å². The van der Waals surface area contributed by atoms with Crippen LogP contribution < -0.4 is 0 Å². The second-order valence-corrected chi connectivity index (χ2v) is 5.07. The molecule has 0 unspecified atom stereocenters. The molecule has 4 heteroatoms. The third-order valence-corrected chi connectivity index (χ3v) is 4.07. The lowest BCUT2D eigenvalue weighted by atomic mass is 9.79. The average molecular weight is 245 g/mol. The van der Waals surface area contributed by atoms with E-state index in [1.807, 2.05) is 25.1 Å². The van der Waals surface area contributed by atoms with Crippen LogP contribution in [0.1, 0.15) is 36.9 Å². The molecule has 4 nitrogen and oxygen atoms in total. The van der Waals surface area contributed by atoms with Crippen molar-refractivity contribution in [3.05, 3.63) is 29.5 Å². The van der Waals surface area contributed by atoms with Crippen molar-refractivity contribution in [1.82, 2.24) is 5.16 Å². The molecule has 0 spiro atoms. The van der Waals surface area contributed by atoms with Gasteiger partial charge in [0.05, 0.1) is 11.1 Å². The Kier molecular flexibility index (Phi) is 2.40. The molecule has 0 atom stereocenters. The molecule has 1 aliphatic rings. The minimum absolute atomic E-state index is 0.678. The van der Waals surface area contributed by atoms with Gasteiger partial charge in [0.25, 0.3) is 0 Å². The van der Waals surface area contributed by atoms with E-state index in [4.69, 9.17) is 4.52 Å². The second kappa shape index (κ2) is 3.83. The lowest BCUT2D eigenvalue weighted by molar-refractivity contribution is -0.143. The third-order valence-electron chi connectivity index (χ3n) is 4.07. The number of rotatable bonds is 2. The summed E-state index contributed by atoms with van der Waals surface area (Å²) in [7, 11) is 0. The normalized spacial score (nSPS) is 18.3. The molecule has 1 heterocycles. The predicted molar refractivity (Wildman–Crippen MR) is 66.5 cm³/mol. The zero-order valence-electron chi connectivity index (χ0n) is 10.3. The largest absolute Gasteiger partial charge is 0.481 e. The van der Waals surface area contributed by atoms with Gasteiger partial charge in [-0.2, -0.15) is 0 Å². The Bertz CT molecular complexity index is 609. The van der Waals surface area contributed by atoms with Crippen LogP contribution in [0.25, 0.3) is 11.0 Å². The summed E-state index contributed by atoms with van der Waals surface area (Å²) < 4.78 is 5.23. The SMILES string of the molecule is Cc1noc2cc(C3(C(=O)O)CCCC3)ccc12. The number of benzene rings is 1. The van der Waals surface area contributed by atoms with Crippen molar-refractivity contribution in [2.45, 2.75) is 38.0 Å². The van der Waals surface area contributed by atoms with E-state index in [1.165, 1.54) is 0 Å². The number of aliphatic carboxylic acids is 1. The molecule has 18 heavy (non-hydrogen) atoms. The lowest BCUT2D eigenvalue weighted by Gasteiger charge is -2.24. The Morgan fingerprint density at radius 2 is 2.11 bits per heavy atom. The van der Waals surface area contributed by atoms with Crippen LogP contribution in [0.15, 0.2) is 22.7 Å². The number of hydrogen-bond acceptors (Lipinski definition) is 3. The number of carboxylic acid groups (broad SMARTS) is 1. The maximum atomic E-state index is 11.6. The summed E-state index contributed by atoms with van der Waals surface area (Å²) in [4.78, 5) is 11.6. The number of hydrogen-bond donors (Lipinski definition) is 1. The van der Waals surface area contributed by atoms with E-state index in [1.54, 1.807) is 0 Å². The maximum absolute atomic E-state index is 11.6. The Morgan fingerprint density at radius 3 is 2.78 bits per heavy atom. The fourth-order valence-electron chi connectivity index (χ4n) is 2.97. The molecule has 2 aromatic rings. The van der Waals surface area contributed by atoms with Crippen molar-refractivity contribution in [2.75, 3.05) is 0 Å². The van der Waals surface area contributed by atoms with Crippen LogP contribution in [0.2, 0.25) is 0 Å². The Morgan fingerprint density at radius 1 is 1.39 bits per heavy atom. The molecule has 0 saturated heterocycles. The van der Waals surface area contributed by atoms with Crippen LogP contribution in [0.5, 0.6) is 0 Å². The summed E-state index contributed by atoms with van der Waals surface area (Å²) in [6.45, 7) is 1.88. The number of aromatic nitrogens is 1. The van der Waals surface area contributed by atoms with Crippen LogP contribution >= 0.6 is 0 Å². The highest BCUT2D eigenvalue weighted by Gasteiger charge is 2.43. The molecule has 0 radical (unpaired) electrons. The summed E-state index contributed by atoms with van der Waals surface area (Å²) in [6, 6.07) is 5.67. The minimum Gasteiger partial charge on any atom is -0.481 e. The van der Waals surface area contributed by atoms with E-state index in [9.17, 15) is 9.90 Å². The number of carboxylic acids is 1. The third kappa shape index (κ3) is 1.45. The molecular formula is C14H15NO3. The highest BCUT2D eigenvalue weighted by atomic mass is 16.5. The zero-order valence-corrected chi connectivity index (χ0v) is 10.3. The van der Waals surface area contributed by atoms with Gasteiger partial charge in [-0.15, -0.1) is 0 Å². The number of nitrogens with zero attached hydrogens (tertiary/aromatic N) is 1. The van der Waals surface area contributed by atoms with Crippen LogP contribution in [0, 0.1) is 6.92 Å². The molecule has 1 saturated carbocycles. The molecule has 1 N–H and O–H groups in total. The van der Waals surface area contributed by atoms with Gasteiger partial charge in [0.1, 0.15) is 0 Å². The molecule has 1 fully saturated rings. The monoisotopic (exact) mass is 245 g/mol. The Balaban J connectivity index is 2.15. The molecule has 94 valence electrons. The van der Waals surface area contributed by atoms with E-state index in [0.717, 1.165) is 29.5 Å². The minimum atomic E-state index is -0.727. The van der Waals surface area contributed by atoms with Gasteiger partial charge in [0.15, 0.2) is 5.58 Å². The fraction of sp³-hybridized carbons (Fsp3) is 0.429. The molecule has 0 bridgehead atoms. The summed E-state index contributed by atoms with van der Waals surface area (Å²) in [5.41, 5.74) is 1.63. The van der Waals surface area contributed by atoms with Gasteiger partial charge in [-0.3, -0.25) is 4.79 Å². The van der Waals surface area contributed by atoms with Crippen LogP contribution in [0.3, 0.4) is 0 Å². The van der Waals surface area contributed by atoms with Gasteiger partial charge in [-0.1, -0.05) is 24.1 Å². The second-order valence-electron chi connectivity index (χ2n) is 5.07. The molecule has 3 rings (SSSR count). The summed E-state index contributed by atoms with van der Waals surface area (Å²) in [5, 5.41) is 14.4. The Labute approximate surface area is 105 Å². The topological polar surface area (TPSA) is 63.3 Å². The zero-order chi connectivity index (χ0) is 12.8. The molecule has 1 aromatic heterocycles. The van der Waals surface area contributed by atoms with Gasteiger partial charge >= 0.3 is 5.97 Å². The Hall–Kier alpha value is -1.84. The smallest absolute Gasteiger partial charge is 0.314 e. The van der Waals surface area contributed by atoms with E-state index in [0.29, 0.717) is 18.4 Å². The summed E-state index contributed by atoms with van der Waals surface area (Å²) in [6.07, 6.45) is 3.36. The fourth-order valence-corrected chi connectivity index (χ4v) is 2.97. The molecule has 1 aliphatic carbocycles. The van der Waals surface area contributed by atoms with E-state index in [-0.39, 0.29) is 0 Å². The van der Waals surface area contributed by atoms with Gasteiger partial charge < -0.3 is 9.63 Å². The summed E-state index contributed by atoms with van der Waals surface area (Å²) in [5.74, 6) is -0.726. The maximum Gasteiger partial charge on any atom is 0.314 e. The van der Waals surface area contributed by atoms with Gasteiger partial charge in [0.2, 0.25) is 0 Å². The molecule has 1 aromatic carbocycles. The van der Waals surface area contributed by atoms with Crippen molar-refractivity contribution in [3.8, 4) is 0 Å². The van der Waals surface area contributed by atoms with Crippen molar-refractivity contribution in [2.24, 2.45) is 0 Å². The highest BCUT2D eigenvalue weighted by molar-refractivity contribution is 5.86. The number of fused-ring (bicyclic) bond motifs is 1. The predicted octanol–water partition coefficient (Wildman–Crippen LogP) is 3.03. The van der Waals surface area contributed by atoms with Crippen molar-refractivity contribution < 1.29 is 14.4 Å². The standard InChI is InChI=1S/C14H15NO3/c1-9-11-5-4-10(8-12(11)18-15-9)14(13(16)17)6-2-3-7-14/h4-5,8H,2-3,6-7H2,1H3,(H,16,17). The van der Waals surface area contributed by atoms with Crippen molar-refractivity contribution >= 4 is 16.9 Å². The van der Waals surface area contributed by atoms with Crippen LogP contribution in [0.4, 0.5) is 0 Å². The highest BCUT2D eigenvalue weighted by Crippen LogP contribution is 2.42. The molecular weight excluding hydrogens is 230 g/mol. The van der Waals surface area contributed by atoms with Crippen LogP contribution in [-0.2, 0) is 10.2 Å². The van der Waals surface area contributed by atoms with Gasteiger partial charge in [0, 0.05) is 5.39 Å². The van der Waals surface area contributed by atoms with E-state index in [2.05, 4.69) is 5.16 Å². The first-order valence-electron chi connectivity index (χ1n) is 6.23. The van der Waals surface area contributed by atoms with Gasteiger partial charge in [-0.05, 0) is 37.5 Å².